The fourth-order valence-electron chi connectivity index (χ4n) is 2.44. The topological polar surface area (TPSA) is 47.6 Å². The van der Waals surface area contributed by atoms with Gasteiger partial charge in [-0.3, -0.25) is 5.32 Å². The van der Waals surface area contributed by atoms with Gasteiger partial charge in [-0.1, -0.05) is 19.4 Å². The molecule has 0 bridgehead atoms. The van der Waals surface area contributed by atoms with E-state index in [1.165, 1.54) is 6.42 Å². The summed E-state index contributed by atoms with van der Waals surface area (Å²) < 4.78 is 10.6. The molecule has 1 aliphatic rings. The van der Waals surface area contributed by atoms with Gasteiger partial charge < -0.3 is 9.47 Å². The van der Waals surface area contributed by atoms with Crippen molar-refractivity contribution in [3.63, 3.8) is 0 Å². The Morgan fingerprint density at radius 1 is 1.32 bits per heavy atom. The van der Waals surface area contributed by atoms with Crippen LogP contribution in [0.3, 0.4) is 0 Å². The molecule has 4 nitrogen and oxygen atoms in total. The minimum absolute atomic E-state index is 0.0411. The highest BCUT2D eigenvalue weighted by Crippen LogP contribution is 2.26. The first kappa shape index (κ1) is 13.7. The van der Waals surface area contributed by atoms with E-state index in [-0.39, 0.29) is 12.2 Å². The van der Waals surface area contributed by atoms with Gasteiger partial charge in [-0.05, 0) is 37.3 Å². The Kier molecular flexibility index (Phi) is 4.66. The second-order valence-electron chi connectivity index (χ2n) is 5.06. The van der Waals surface area contributed by atoms with E-state index in [0.29, 0.717) is 17.4 Å². The number of carbonyl (C=O) groups excluding carboxylic acids is 1. The lowest BCUT2D eigenvalue weighted by Crippen LogP contribution is -2.30. The molecule has 0 spiro atoms. The van der Waals surface area contributed by atoms with Crippen LogP contribution in [0.15, 0.2) is 24.3 Å². The highest BCUT2D eigenvalue weighted by atomic mass is 16.6. The minimum Gasteiger partial charge on any atom is -0.497 e. The van der Waals surface area contributed by atoms with Crippen LogP contribution in [0.1, 0.15) is 32.6 Å². The van der Waals surface area contributed by atoms with Crippen molar-refractivity contribution >= 4 is 11.8 Å². The van der Waals surface area contributed by atoms with Crippen molar-refractivity contribution in [2.45, 2.75) is 38.7 Å². The van der Waals surface area contributed by atoms with Crippen LogP contribution in [0.25, 0.3) is 0 Å². The molecule has 0 saturated heterocycles. The third-order valence-corrected chi connectivity index (χ3v) is 3.61. The van der Waals surface area contributed by atoms with Crippen LogP contribution in [-0.2, 0) is 4.74 Å². The zero-order valence-electron chi connectivity index (χ0n) is 11.5. The molecule has 2 rings (SSSR count). The fraction of sp³-hybridized carbons (Fsp3) is 0.533. The second kappa shape index (κ2) is 6.45. The van der Waals surface area contributed by atoms with Crippen LogP contribution in [0.4, 0.5) is 10.5 Å². The monoisotopic (exact) mass is 263 g/mol. The molecule has 19 heavy (non-hydrogen) atoms. The molecule has 0 unspecified atom stereocenters. The molecule has 1 N–H and O–H groups in total. The maximum Gasteiger partial charge on any atom is 0.411 e. The summed E-state index contributed by atoms with van der Waals surface area (Å²) in [5, 5.41) is 2.74. The van der Waals surface area contributed by atoms with Crippen LogP contribution in [0.2, 0.25) is 0 Å². The van der Waals surface area contributed by atoms with E-state index in [1.807, 2.05) is 18.2 Å². The number of ether oxygens (including phenoxy) is 2. The van der Waals surface area contributed by atoms with Crippen molar-refractivity contribution < 1.29 is 14.3 Å². The zero-order chi connectivity index (χ0) is 13.7. The van der Waals surface area contributed by atoms with Gasteiger partial charge in [0.2, 0.25) is 0 Å². The summed E-state index contributed by atoms with van der Waals surface area (Å²) in [6, 6.07) is 7.25. The molecule has 2 atom stereocenters. The van der Waals surface area contributed by atoms with Crippen molar-refractivity contribution in [3.05, 3.63) is 24.3 Å². The number of anilines is 1. The molecule has 104 valence electrons. The Labute approximate surface area is 114 Å². The summed E-state index contributed by atoms with van der Waals surface area (Å²) in [5.74, 6) is 1.16. The normalized spacial score (nSPS) is 22.6. The first-order chi connectivity index (χ1) is 9.19. The quantitative estimate of drug-likeness (QED) is 0.901. The molecule has 0 aromatic heterocycles. The van der Waals surface area contributed by atoms with E-state index >= 15 is 0 Å². The maximum absolute atomic E-state index is 11.9. The van der Waals surface area contributed by atoms with E-state index in [0.717, 1.165) is 19.3 Å². The van der Waals surface area contributed by atoms with E-state index in [9.17, 15) is 4.79 Å². The van der Waals surface area contributed by atoms with Crippen LogP contribution < -0.4 is 10.1 Å². The summed E-state index contributed by atoms with van der Waals surface area (Å²) in [5.41, 5.74) is 0.688. The number of amides is 1. The maximum atomic E-state index is 11.9. The van der Waals surface area contributed by atoms with Crippen molar-refractivity contribution in [2.75, 3.05) is 12.4 Å². The second-order valence-corrected chi connectivity index (χ2v) is 5.06. The molecule has 1 amide bonds. The van der Waals surface area contributed by atoms with Crippen molar-refractivity contribution in [2.24, 2.45) is 5.92 Å². The fourth-order valence-corrected chi connectivity index (χ4v) is 2.44. The van der Waals surface area contributed by atoms with E-state index in [2.05, 4.69) is 12.2 Å². The predicted molar refractivity (Wildman–Crippen MR) is 74.5 cm³/mol. The zero-order valence-corrected chi connectivity index (χ0v) is 11.5. The number of hydrogen-bond donors (Lipinski definition) is 1. The summed E-state index contributed by atoms with van der Waals surface area (Å²) >= 11 is 0. The van der Waals surface area contributed by atoms with Gasteiger partial charge in [-0.25, -0.2) is 4.79 Å². The predicted octanol–water partition coefficient (Wildman–Crippen LogP) is 3.82. The summed E-state index contributed by atoms with van der Waals surface area (Å²) in [7, 11) is 1.60. The summed E-state index contributed by atoms with van der Waals surface area (Å²) in [6.45, 7) is 2.14. The van der Waals surface area contributed by atoms with Crippen LogP contribution in [-0.4, -0.2) is 19.3 Å². The molecule has 1 fully saturated rings. The van der Waals surface area contributed by atoms with Crippen molar-refractivity contribution in [1.82, 2.24) is 0 Å². The third kappa shape index (κ3) is 3.88. The first-order valence-electron chi connectivity index (χ1n) is 6.80. The largest absolute Gasteiger partial charge is 0.497 e. The van der Waals surface area contributed by atoms with Gasteiger partial charge in [0.1, 0.15) is 11.9 Å². The van der Waals surface area contributed by atoms with Gasteiger partial charge in [0.25, 0.3) is 0 Å². The van der Waals surface area contributed by atoms with Gasteiger partial charge in [-0.2, -0.15) is 0 Å². The molecule has 1 aromatic rings. The van der Waals surface area contributed by atoms with E-state index in [4.69, 9.17) is 9.47 Å². The molecule has 1 aliphatic carbocycles. The lowest BCUT2D eigenvalue weighted by Gasteiger charge is -2.28. The average molecular weight is 263 g/mol. The number of nitrogens with one attached hydrogen (secondary N) is 1. The Morgan fingerprint density at radius 3 is 2.84 bits per heavy atom. The number of hydrogen-bond acceptors (Lipinski definition) is 3. The van der Waals surface area contributed by atoms with Gasteiger partial charge in [0, 0.05) is 11.8 Å². The highest BCUT2D eigenvalue weighted by Gasteiger charge is 2.24. The lowest BCUT2D eigenvalue weighted by atomic mass is 9.88. The number of carbonyl (C=O) groups is 1. The molecule has 0 radical (unpaired) electrons. The van der Waals surface area contributed by atoms with Gasteiger partial charge >= 0.3 is 6.09 Å². The van der Waals surface area contributed by atoms with Gasteiger partial charge in [-0.15, -0.1) is 0 Å². The molecule has 1 saturated carbocycles. The van der Waals surface area contributed by atoms with Crippen molar-refractivity contribution in [1.29, 1.82) is 0 Å². The summed E-state index contributed by atoms with van der Waals surface area (Å²) in [4.78, 5) is 11.9. The van der Waals surface area contributed by atoms with E-state index in [1.54, 1.807) is 13.2 Å². The van der Waals surface area contributed by atoms with Crippen molar-refractivity contribution in [3.8, 4) is 5.75 Å². The smallest absolute Gasteiger partial charge is 0.411 e. The number of methoxy groups -OCH3 is 1. The Hall–Kier alpha value is -1.71. The summed E-state index contributed by atoms with van der Waals surface area (Å²) in [6.07, 6.45) is 4.13. The molecule has 0 heterocycles. The lowest BCUT2D eigenvalue weighted by molar-refractivity contribution is 0.0524. The average Bonchev–Trinajstić information content (AvgIpc) is 2.41. The number of benzene rings is 1. The molecular weight excluding hydrogens is 242 g/mol. The standard InChI is InChI=1S/C15H21NO3/c1-11-6-3-4-9-14(11)19-15(17)16-12-7-5-8-13(10-12)18-2/h5,7-8,10-11,14H,3-4,6,9H2,1-2H3,(H,16,17)/t11-,14-/m1/s1. The highest BCUT2D eigenvalue weighted by molar-refractivity contribution is 5.84. The molecule has 4 heteroatoms. The number of rotatable bonds is 3. The molecular formula is C15H21NO3. The van der Waals surface area contributed by atoms with Crippen LogP contribution in [0, 0.1) is 5.92 Å². The third-order valence-electron chi connectivity index (χ3n) is 3.61. The van der Waals surface area contributed by atoms with Gasteiger partial charge in [0.15, 0.2) is 0 Å². The minimum atomic E-state index is -0.382. The molecule has 0 aliphatic heterocycles. The van der Waals surface area contributed by atoms with Crippen LogP contribution in [0.5, 0.6) is 5.75 Å². The van der Waals surface area contributed by atoms with Gasteiger partial charge in [0.05, 0.1) is 7.11 Å². The Balaban J connectivity index is 1.89. The Bertz CT molecular complexity index is 433. The molecule has 1 aromatic carbocycles. The van der Waals surface area contributed by atoms with E-state index < -0.39 is 0 Å². The SMILES string of the molecule is COc1cccc(NC(=O)O[C@@H]2CCCC[C@H]2C)c1. The van der Waals surface area contributed by atoms with Crippen LogP contribution >= 0.6 is 0 Å². The Morgan fingerprint density at radius 2 is 2.11 bits per heavy atom. The first-order valence-corrected chi connectivity index (χ1v) is 6.80.